The number of carboxylic acid groups (broad SMARTS) is 1. The van der Waals surface area contributed by atoms with Gasteiger partial charge >= 0.3 is 5.97 Å². The highest BCUT2D eigenvalue weighted by atomic mass is 32.1. The van der Waals surface area contributed by atoms with E-state index < -0.39 is 79.2 Å². The maximum Gasteiger partial charge on any atom is 0.305 e. The number of thiol groups is 1. The molecule has 0 bridgehead atoms. The molecule has 0 spiro atoms. The van der Waals surface area contributed by atoms with E-state index in [9.17, 15) is 44.7 Å². The molecule has 0 aliphatic carbocycles. The fraction of sp³-hybridized carbons (Fsp3) is 0.600. The van der Waals surface area contributed by atoms with E-state index in [4.69, 9.17) is 0 Å². The summed E-state index contributed by atoms with van der Waals surface area (Å²) in [4.78, 5) is 49.3. The van der Waals surface area contributed by atoms with Crippen LogP contribution in [0.15, 0.2) is 30.3 Å². The van der Waals surface area contributed by atoms with Gasteiger partial charge in [0, 0.05) is 5.75 Å². The lowest BCUT2D eigenvalue weighted by Crippen LogP contribution is -2.60. The molecular weight excluding hydrogens is 532 g/mol. The number of carboxylic acids is 1. The highest BCUT2D eigenvalue weighted by molar-refractivity contribution is 7.80. The number of amides is 3. The standard InChI is InChI=1S/C25H40N4O9S/c1-13(2)9-16(28-24(37)18(12-39)26-3)23(36)29-17(11-30)20(33)21(34)22(35)25(38)27-15(10-19(31)32)14-7-5-4-6-8-14/h4-8,13,15-18,20-22,26,30,33-35,39H,9-12H2,1-3H3,(H,27,38)(H,28,37)(H,29,36)(H,31,32)/t15-,16-,17-,18-,20+,21+,22-/m0/s1. The molecule has 1 aromatic carbocycles. The molecule has 0 fully saturated rings. The van der Waals surface area contributed by atoms with Crippen LogP contribution in [0.1, 0.15) is 38.3 Å². The van der Waals surface area contributed by atoms with Gasteiger partial charge in [-0.3, -0.25) is 19.2 Å². The second-order valence-corrected chi connectivity index (χ2v) is 9.87. The second kappa shape index (κ2) is 17.0. The molecular formula is C25H40N4O9S. The Morgan fingerprint density at radius 2 is 1.46 bits per heavy atom. The quantitative estimate of drug-likeness (QED) is 0.0919. The fourth-order valence-corrected chi connectivity index (χ4v) is 4.10. The van der Waals surface area contributed by atoms with Gasteiger partial charge in [0.05, 0.1) is 31.2 Å². The molecule has 0 unspecified atom stereocenters. The third kappa shape index (κ3) is 11.1. The molecule has 0 heterocycles. The van der Waals surface area contributed by atoms with Crippen LogP contribution in [0.3, 0.4) is 0 Å². The largest absolute Gasteiger partial charge is 0.481 e. The molecule has 0 aromatic heterocycles. The van der Waals surface area contributed by atoms with E-state index in [2.05, 4.69) is 33.9 Å². The summed E-state index contributed by atoms with van der Waals surface area (Å²) in [5.74, 6) is -3.51. The number of nitrogens with one attached hydrogen (secondary N) is 4. The minimum absolute atomic E-state index is 0.0259. The van der Waals surface area contributed by atoms with Crippen LogP contribution in [0, 0.1) is 5.92 Å². The van der Waals surface area contributed by atoms with E-state index in [0.29, 0.717) is 5.56 Å². The molecule has 0 radical (unpaired) electrons. The summed E-state index contributed by atoms with van der Waals surface area (Å²) < 4.78 is 0. The van der Waals surface area contributed by atoms with Crippen molar-refractivity contribution in [2.45, 2.75) is 69.2 Å². The van der Waals surface area contributed by atoms with E-state index in [-0.39, 0.29) is 18.1 Å². The summed E-state index contributed by atoms with van der Waals surface area (Å²) in [6.07, 6.45) is -6.70. The molecule has 0 aliphatic heterocycles. The predicted octanol–water partition coefficient (Wildman–Crippen LogP) is -2.07. The Kier molecular flexibility index (Phi) is 15.0. The molecule has 7 atom stereocenters. The summed E-state index contributed by atoms with van der Waals surface area (Å²) in [6.45, 7) is 2.78. The predicted molar refractivity (Wildman–Crippen MR) is 145 cm³/mol. The molecule has 39 heavy (non-hydrogen) atoms. The van der Waals surface area contributed by atoms with Crippen molar-refractivity contribution in [1.82, 2.24) is 21.3 Å². The van der Waals surface area contributed by atoms with E-state index >= 15 is 0 Å². The number of likely N-dealkylation sites (N-methyl/N-ethyl adjacent to an activating group) is 1. The van der Waals surface area contributed by atoms with Crippen LogP contribution in [0.25, 0.3) is 0 Å². The van der Waals surface area contributed by atoms with Crippen LogP contribution in [-0.4, -0.2) is 105 Å². The average molecular weight is 573 g/mol. The van der Waals surface area contributed by atoms with Crippen LogP contribution in [0.5, 0.6) is 0 Å². The van der Waals surface area contributed by atoms with Gasteiger partial charge in [-0.1, -0.05) is 44.2 Å². The maximum atomic E-state index is 13.0. The molecule has 0 saturated heterocycles. The molecule has 220 valence electrons. The van der Waals surface area contributed by atoms with Gasteiger partial charge in [-0.25, -0.2) is 0 Å². The van der Waals surface area contributed by atoms with Crippen molar-refractivity contribution in [3.63, 3.8) is 0 Å². The first-order chi connectivity index (χ1) is 18.4. The first kappa shape index (κ1) is 34.3. The number of aliphatic carboxylic acids is 1. The number of aliphatic hydroxyl groups excluding tert-OH is 4. The lowest BCUT2D eigenvalue weighted by Gasteiger charge is -2.31. The number of aliphatic hydroxyl groups is 4. The summed E-state index contributed by atoms with van der Waals surface area (Å²) in [5.41, 5.74) is 0.438. The smallest absolute Gasteiger partial charge is 0.305 e. The summed E-state index contributed by atoms with van der Waals surface area (Å²) >= 11 is 4.09. The summed E-state index contributed by atoms with van der Waals surface area (Å²) in [6, 6.07) is 3.82. The Bertz CT molecular complexity index is 933. The summed E-state index contributed by atoms with van der Waals surface area (Å²) in [7, 11) is 1.56. The molecule has 13 nitrogen and oxygen atoms in total. The monoisotopic (exact) mass is 572 g/mol. The number of benzene rings is 1. The van der Waals surface area contributed by atoms with Gasteiger partial charge in [0.1, 0.15) is 18.2 Å². The van der Waals surface area contributed by atoms with Crippen molar-refractivity contribution in [2.75, 3.05) is 19.4 Å². The van der Waals surface area contributed by atoms with Crippen molar-refractivity contribution in [1.29, 1.82) is 0 Å². The number of rotatable bonds is 17. The average Bonchev–Trinajstić information content (AvgIpc) is 2.90. The minimum atomic E-state index is -2.23. The third-order valence-electron chi connectivity index (χ3n) is 5.96. The highest BCUT2D eigenvalue weighted by Gasteiger charge is 2.37. The summed E-state index contributed by atoms with van der Waals surface area (Å²) in [5, 5.41) is 60.5. The van der Waals surface area contributed by atoms with Gasteiger partial charge in [0.2, 0.25) is 11.8 Å². The SMILES string of the molecule is CN[C@@H](CS)C(=O)N[C@@H](CC(C)C)C(=O)N[C@@H](CO)[C@@H](O)[C@@H](O)[C@H](O)C(=O)N[C@@H](CC(=O)O)c1ccccc1. The van der Waals surface area contributed by atoms with Crippen LogP contribution in [0.4, 0.5) is 0 Å². The fourth-order valence-electron chi connectivity index (χ4n) is 3.75. The maximum absolute atomic E-state index is 13.0. The van der Waals surface area contributed by atoms with Crippen molar-refractivity contribution in [3.8, 4) is 0 Å². The number of carbonyl (C=O) groups excluding carboxylic acids is 3. The zero-order valence-corrected chi connectivity index (χ0v) is 23.0. The molecule has 0 saturated carbocycles. The van der Waals surface area contributed by atoms with Gasteiger partial charge in [0.15, 0.2) is 6.10 Å². The number of hydrogen-bond acceptors (Lipinski definition) is 10. The topological polar surface area (TPSA) is 218 Å². The lowest BCUT2D eigenvalue weighted by atomic mass is 9.98. The number of hydrogen-bond donors (Lipinski definition) is 10. The van der Waals surface area contributed by atoms with Crippen molar-refractivity contribution in [3.05, 3.63) is 35.9 Å². The van der Waals surface area contributed by atoms with E-state index in [1.807, 2.05) is 13.8 Å². The van der Waals surface area contributed by atoms with Gasteiger partial charge in [0.25, 0.3) is 5.91 Å². The van der Waals surface area contributed by atoms with Crippen molar-refractivity contribution in [2.24, 2.45) is 5.92 Å². The van der Waals surface area contributed by atoms with Crippen LogP contribution in [0.2, 0.25) is 0 Å². The second-order valence-electron chi connectivity index (χ2n) is 9.51. The molecule has 14 heteroatoms. The zero-order valence-electron chi connectivity index (χ0n) is 22.2. The van der Waals surface area contributed by atoms with Crippen molar-refractivity contribution < 1.29 is 44.7 Å². The molecule has 0 aliphatic rings. The number of carbonyl (C=O) groups is 4. The van der Waals surface area contributed by atoms with Gasteiger partial charge < -0.3 is 46.8 Å². The normalized spacial score (nSPS) is 16.7. The Hall–Kier alpha value is -2.75. The van der Waals surface area contributed by atoms with Gasteiger partial charge in [-0.15, -0.1) is 0 Å². The van der Waals surface area contributed by atoms with Crippen LogP contribution < -0.4 is 21.3 Å². The Balaban J connectivity index is 2.95. The van der Waals surface area contributed by atoms with E-state index in [1.165, 1.54) is 0 Å². The Labute approximate surface area is 232 Å². The first-order valence-corrected chi connectivity index (χ1v) is 13.1. The van der Waals surface area contributed by atoms with Crippen LogP contribution in [-0.2, 0) is 19.2 Å². The lowest BCUT2D eigenvalue weighted by molar-refractivity contribution is -0.145. The molecule has 9 N–H and O–H groups in total. The van der Waals surface area contributed by atoms with Gasteiger partial charge in [-0.05, 0) is 24.9 Å². The first-order valence-electron chi connectivity index (χ1n) is 12.5. The Morgan fingerprint density at radius 1 is 0.872 bits per heavy atom. The van der Waals surface area contributed by atoms with Crippen molar-refractivity contribution >= 4 is 36.3 Å². The molecule has 1 aromatic rings. The zero-order chi connectivity index (χ0) is 29.7. The molecule has 3 amide bonds. The van der Waals surface area contributed by atoms with Crippen LogP contribution >= 0.6 is 12.6 Å². The van der Waals surface area contributed by atoms with E-state index in [0.717, 1.165) is 0 Å². The highest BCUT2D eigenvalue weighted by Crippen LogP contribution is 2.18. The van der Waals surface area contributed by atoms with Gasteiger partial charge in [-0.2, -0.15) is 12.6 Å². The molecule has 1 rings (SSSR count). The third-order valence-corrected chi connectivity index (χ3v) is 6.33. The van der Waals surface area contributed by atoms with E-state index in [1.54, 1.807) is 37.4 Å². The minimum Gasteiger partial charge on any atom is -0.481 e. The Morgan fingerprint density at radius 3 is 1.95 bits per heavy atom.